The molecule has 5 rings (SSSR count). The minimum Gasteiger partial charge on any atom is -0.506 e. The zero-order valence-electron chi connectivity index (χ0n) is 20.2. The van der Waals surface area contributed by atoms with E-state index in [0.29, 0.717) is 40.1 Å². The molecule has 1 atom stereocenters. The number of phenols is 1. The number of hydrogen-bond donors (Lipinski definition) is 2. The van der Waals surface area contributed by atoms with E-state index >= 15 is 0 Å². The summed E-state index contributed by atoms with van der Waals surface area (Å²) in [5, 5.41) is 13.1. The number of aromatic hydroxyl groups is 1. The molecule has 0 saturated heterocycles. The van der Waals surface area contributed by atoms with E-state index in [-0.39, 0.29) is 17.2 Å². The Bertz CT molecular complexity index is 1760. The van der Waals surface area contributed by atoms with Crippen LogP contribution in [0.15, 0.2) is 92.3 Å². The van der Waals surface area contributed by atoms with E-state index in [9.17, 15) is 14.7 Å². The molecule has 0 unspecified atom stereocenters. The van der Waals surface area contributed by atoms with E-state index in [1.165, 1.54) is 11.3 Å². The van der Waals surface area contributed by atoms with Gasteiger partial charge in [0.05, 0.1) is 37.0 Å². The van der Waals surface area contributed by atoms with Crippen molar-refractivity contribution >= 4 is 67.5 Å². The first-order chi connectivity index (χ1) is 18.3. The van der Waals surface area contributed by atoms with Crippen molar-refractivity contribution in [1.82, 2.24) is 4.57 Å². The quantitative estimate of drug-likeness (QED) is 0.288. The second-order valence-electron chi connectivity index (χ2n) is 8.51. The third kappa shape index (κ3) is 5.07. The Morgan fingerprint density at radius 3 is 2.66 bits per heavy atom. The summed E-state index contributed by atoms with van der Waals surface area (Å²) in [4.78, 5) is 32.7. The van der Waals surface area contributed by atoms with Crippen molar-refractivity contribution in [3.05, 3.63) is 117 Å². The molecule has 38 heavy (non-hydrogen) atoms. The molecule has 0 spiro atoms. The van der Waals surface area contributed by atoms with Crippen LogP contribution in [0, 0.1) is 3.57 Å². The molecule has 0 saturated carbocycles. The number of fused-ring (bicyclic) bond motifs is 1. The molecule has 1 amide bonds. The van der Waals surface area contributed by atoms with E-state index in [0.717, 1.165) is 11.1 Å². The Kier molecular flexibility index (Phi) is 7.55. The van der Waals surface area contributed by atoms with Gasteiger partial charge in [0.1, 0.15) is 11.5 Å². The Morgan fingerprint density at radius 2 is 1.95 bits per heavy atom. The lowest BCUT2D eigenvalue weighted by molar-refractivity contribution is -0.113. The zero-order valence-corrected chi connectivity index (χ0v) is 24.8. The molecule has 0 bridgehead atoms. The molecule has 192 valence electrons. The summed E-state index contributed by atoms with van der Waals surface area (Å²) in [7, 11) is 1.58. The average Bonchev–Trinajstić information content (AvgIpc) is 3.20. The fraction of sp³-hybridized carbons (Fsp3) is 0.107. The first-order valence-electron chi connectivity index (χ1n) is 11.5. The molecule has 0 radical (unpaired) electrons. The number of rotatable bonds is 5. The van der Waals surface area contributed by atoms with Crippen LogP contribution in [-0.2, 0) is 4.79 Å². The smallest absolute Gasteiger partial charge is 0.271 e. The maximum absolute atomic E-state index is 13.9. The third-order valence-electron chi connectivity index (χ3n) is 6.04. The number of methoxy groups -OCH3 is 1. The summed E-state index contributed by atoms with van der Waals surface area (Å²) in [6.45, 7) is 1.78. The Hall–Kier alpha value is -3.22. The molecule has 1 aromatic heterocycles. The van der Waals surface area contributed by atoms with E-state index in [1.807, 2.05) is 65.1 Å². The molecule has 2 N–H and O–H groups in total. The second kappa shape index (κ2) is 10.9. The average molecular weight is 702 g/mol. The SMILES string of the molecule is COc1cccc([C@@H]2C(C(=O)Nc3ccccc3)=C(C)N=c3s/c(=C\c4cc(Br)c(O)c(I)c4)c(=O)n32)c1. The number of ether oxygens (including phenoxy) is 1. The van der Waals surface area contributed by atoms with Crippen LogP contribution >= 0.6 is 49.9 Å². The number of anilines is 1. The van der Waals surface area contributed by atoms with Crippen LogP contribution in [0.5, 0.6) is 11.5 Å². The molecular weight excluding hydrogens is 681 g/mol. The van der Waals surface area contributed by atoms with Gasteiger partial charge in [-0.3, -0.25) is 14.2 Å². The normalized spacial score (nSPS) is 15.2. The van der Waals surface area contributed by atoms with Gasteiger partial charge in [-0.25, -0.2) is 4.99 Å². The highest BCUT2D eigenvalue weighted by molar-refractivity contribution is 14.1. The van der Waals surface area contributed by atoms with Gasteiger partial charge in [0.25, 0.3) is 11.5 Å². The highest BCUT2D eigenvalue weighted by Crippen LogP contribution is 2.33. The number of benzene rings is 3. The van der Waals surface area contributed by atoms with Gasteiger partial charge < -0.3 is 15.2 Å². The lowest BCUT2D eigenvalue weighted by Gasteiger charge is -2.25. The fourth-order valence-electron chi connectivity index (χ4n) is 4.28. The summed E-state index contributed by atoms with van der Waals surface area (Å²) in [6, 6.07) is 19.4. The minimum atomic E-state index is -0.709. The Morgan fingerprint density at radius 1 is 1.18 bits per heavy atom. The lowest BCUT2D eigenvalue weighted by Crippen LogP contribution is -2.40. The van der Waals surface area contributed by atoms with Crippen molar-refractivity contribution in [1.29, 1.82) is 0 Å². The number of para-hydroxylation sites is 1. The molecule has 0 aliphatic carbocycles. The monoisotopic (exact) mass is 701 g/mol. The van der Waals surface area contributed by atoms with Gasteiger partial charge in [-0.05, 0) is 99.0 Å². The minimum absolute atomic E-state index is 0.145. The van der Waals surface area contributed by atoms with Crippen molar-refractivity contribution in [2.24, 2.45) is 4.99 Å². The van der Waals surface area contributed by atoms with Crippen LogP contribution < -0.4 is 24.9 Å². The predicted octanol–water partition coefficient (Wildman–Crippen LogP) is 4.96. The number of phenolic OH excluding ortho intramolecular Hbond substituents is 1. The number of carbonyl (C=O) groups is 1. The topological polar surface area (TPSA) is 92.9 Å². The Balaban J connectivity index is 1.70. The van der Waals surface area contributed by atoms with E-state index in [1.54, 1.807) is 48.9 Å². The predicted molar refractivity (Wildman–Crippen MR) is 160 cm³/mol. The molecule has 0 fully saturated rings. The summed E-state index contributed by atoms with van der Waals surface area (Å²) < 4.78 is 8.66. The fourth-order valence-corrected chi connectivity index (χ4v) is 6.82. The zero-order chi connectivity index (χ0) is 27.0. The number of amides is 1. The van der Waals surface area contributed by atoms with Crippen LogP contribution in [-0.4, -0.2) is 22.7 Å². The molecule has 4 aromatic rings. The van der Waals surface area contributed by atoms with Crippen LogP contribution in [0.3, 0.4) is 0 Å². The summed E-state index contributed by atoms with van der Waals surface area (Å²) >= 11 is 6.66. The van der Waals surface area contributed by atoms with Crippen LogP contribution in [0.1, 0.15) is 24.1 Å². The van der Waals surface area contributed by atoms with E-state index in [4.69, 9.17) is 4.74 Å². The van der Waals surface area contributed by atoms with Crippen molar-refractivity contribution in [3.8, 4) is 11.5 Å². The first-order valence-corrected chi connectivity index (χ1v) is 14.2. The maximum Gasteiger partial charge on any atom is 0.271 e. The third-order valence-corrected chi connectivity index (χ3v) is 8.45. The van der Waals surface area contributed by atoms with Gasteiger partial charge in [-0.15, -0.1) is 0 Å². The van der Waals surface area contributed by atoms with Crippen molar-refractivity contribution < 1.29 is 14.6 Å². The summed E-state index contributed by atoms with van der Waals surface area (Å²) in [5.74, 6) is 0.425. The number of nitrogens with one attached hydrogen (secondary N) is 1. The number of allylic oxidation sites excluding steroid dienone is 1. The van der Waals surface area contributed by atoms with Gasteiger partial charge >= 0.3 is 0 Å². The van der Waals surface area contributed by atoms with Crippen LogP contribution in [0.2, 0.25) is 0 Å². The number of aromatic nitrogens is 1. The van der Waals surface area contributed by atoms with Crippen LogP contribution in [0.25, 0.3) is 6.08 Å². The molecule has 7 nitrogen and oxygen atoms in total. The Labute approximate surface area is 244 Å². The first kappa shape index (κ1) is 26.4. The maximum atomic E-state index is 13.9. The van der Waals surface area contributed by atoms with E-state index < -0.39 is 6.04 Å². The van der Waals surface area contributed by atoms with Crippen molar-refractivity contribution in [2.75, 3.05) is 12.4 Å². The van der Waals surface area contributed by atoms with Crippen LogP contribution in [0.4, 0.5) is 5.69 Å². The molecule has 10 heteroatoms. The number of halogens is 2. The van der Waals surface area contributed by atoms with Gasteiger partial charge in [-0.2, -0.15) is 0 Å². The van der Waals surface area contributed by atoms with Crippen molar-refractivity contribution in [2.45, 2.75) is 13.0 Å². The summed E-state index contributed by atoms with van der Waals surface area (Å²) in [6.07, 6.45) is 1.77. The standard InChI is InChI=1S/C28H21BrIN3O4S/c1-15-23(26(35)32-18-8-4-3-5-9-18)24(17-7-6-10-19(14-17)37-2)33-27(36)22(38-28(33)31-15)13-16-11-20(29)25(34)21(30)12-16/h3-14,24,34H,1-2H3,(H,32,35)/b22-13-/t24-/m1/s1. The largest absolute Gasteiger partial charge is 0.506 e. The second-order valence-corrected chi connectivity index (χ2v) is 11.5. The number of nitrogens with zero attached hydrogens (tertiary/aromatic N) is 2. The molecule has 1 aliphatic rings. The van der Waals surface area contributed by atoms with Gasteiger partial charge in [-0.1, -0.05) is 41.7 Å². The van der Waals surface area contributed by atoms with Gasteiger partial charge in [0.15, 0.2) is 4.80 Å². The molecule has 1 aliphatic heterocycles. The number of thiazole rings is 1. The highest BCUT2D eigenvalue weighted by Gasteiger charge is 2.32. The van der Waals surface area contributed by atoms with Gasteiger partial charge in [0, 0.05) is 5.69 Å². The molecule has 2 heterocycles. The highest BCUT2D eigenvalue weighted by atomic mass is 127. The number of carbonyl (C=O) groups excluding carboxylic acids is 1. The molecular formula is C28H21BrIN3O4S. The number of hydrogen-bond acceptors (Lipinski definition) is 6. The lowest BCUT2D eigenvalue weighted by atomic mass is 9.95. The van der Waals surface area contributed by atoms with E-state index in [2.05, 4.69) is 26.2 Å². The van der Waals surface area contributed by atoms with Gasteiger partial charge in [0.2, 0.25) is 0 Å². The molecule has 3 aromatic carbocycles. The summed E-state index contributed by atoms with van der Waals surface area (Å²) in [5.41, 5.74) is 2.76. The van der Waals surface area contributed by atoms with Crippen molar-refractivity contribution in [3.63, 3.8) is 0 Å².